The van der Waals surface area contributed by atoms with Crippen molar-refractivity contribution in [2.24, 2.45) is 0 Å². The molecule has 0 aromatic heterocycles. The van der Waals surface area contributed by atoms with E-state index in [-0.39, 0.29) is 5.54 Å². The molecule has 1 aliphatic carbocycles. The fourth-order valence-corrected chi connectivity index (χ4v) is 3.77. The fourth-order valence-electron chi connectivity index (χ4n) is 3.77. The summed E-state index contributed by atoms with van der Waals surface area (Å²) in [6.07, 6.45) is 10.1. The number of hydrogen-bond acceptors (Lipinski definition) is 3. The Hall–Kier alpha value is -0.590. The molecule has 0 amide bonds. The summed E-state index contributed by atoms with van der Waals surface area (Å²) in [6.45, 7) is 7.90. The standard InChI is InChI=1S/C17H31N3/c1-4-7-16-8-5-6-11-20(16)14(2)12-17(3,13-18)19-15-9-10-15/h14-16,19H,4-12H2,1-3H3. The molecule has 3 nitrogen and oxygen atoms in total. The maximum atomic E-state index is 9.55. The Morgan fingerprint density at radius 1 is 1.35 bits per heavy atom. The van der Waals surface area contributed by atoms with Crippen molar-refractivity contribution in [3.63, 3.8) is 0 Å². The van der Waals surface area contributed by atoms with E-state index in [1.165, 1.54) is 51.5 Å². The molecule has 20 heavy (non-hydrogen) atoms. The molecule has 114 valence electrons. The zero-order valence-electron chi connectivity index (χ0n) is 13.5. The average Bonchev–Trinajstić information content (AvgIpc) is 3.23. The zero-order valence-corrected chi connectivity index (χ0v) is 13.5. The third-order valence-corrected chi connectivity index (χ3v) is 4.91. The molecule has 3 atom stereocenters. The quantitative estimate of drug-likeness (QED) is 0.774. The van der Waals surface area contributed by atoms with Crippen molar-refractivity contribution < 1.29 is 0 Å². The van der Waals surface area contributed by atoms with Gasteiger partial charge in [0.05, 0.1) is 6.07 Å². The smallest absolute Gasteiger partial charge is 0.105 e. The summed E-state index contributed by atoms with van der Waals surface area (Å²) in [6, 6.07) is 4.37. The monoisotopic (exact) mass is 277 g/mol. The van der Waals surface area contributed by atoms with Crippen LogP contribution in [0.25, 0.3) is 0 Å². The lowest BCUT2D eigenvalue weighted by Crippen LogP contribution is -2.51. The van der Waals surface area contributed by atoms with Crippen molar-refractivity contribution >= 4 is 0 Å². The maximum absolute atomic E-state index is 9.55. The molecule has 0 radical (unpaired) electrons. The Kier molecular flexibility index (Phi) is 5.46. The van der Waals surface area contributed by atoms with Crippen LogP contribution in [0.2, 0.25) is 0 Å². The Labute approximate surface area is 124 Å². The number of rotatable bonds is 7. The molecule has 2 rings (SSSR count). The van der Waals surface area contributed by atoms with Crippen molar-refractivity contribution in [2.45, 2.75) is 95.8 Å². The van der Waals surface area contributed by atoms with Crippen LogP contribution in [0.15, 0.2) is 0 Å². The molecule has 1 saturated carbocycles. The maximum Gasteiger partial charge on any atom is 0.105 e. The highest BCUT2D eigenvalue weighted by atomic mass is 15.2. The van der Waals surface area contributed by atoms with E-state index >= 15 is 0 Å². The van der Waals surface area contributed by atoms with Gasteiger partial charge in [0, 0.05) is 18.1 Å². The topological polar surface area (TPSA) is 39.1 Å². The highest BCUT2D eigenvalue weighted by Gasteiger charge is 2.36. The fraction of sp³-hybridized carbons (Fsp3) is 0.941. The summed E-state index contributed by atoms with van der Waals surface area (Å²) in [5, 5.41) is 13.1. The first-order valence-corrected chi connectivity index (χ1v) is 8.52. The Morgan fingerprint density at radius 2 is 2.10 bits per heavy atom. The molecule has 1 heterocycles. The molecule has 0 spiro atoms. The average molecular weight is 277 g/mol. The van der Waals surface area contributed by atoms with Crippen molar-refractivity contribution in [1.29, 1.82) is 5.26 Å². The summed E-state index contributed by atoms with van der Waals surface area (Å²) >= 11 is 0. The highest BCUT2D eigenvalue weighted by Crippen LogP contribution is 2.29. The molecule has 0 aromatic rings. The van der Waals surface area contributed by atoms with Gasteiger partial charge in [-0.15, -0.1) is 0 Å². The van der Waals surface area contributed by atoms with Gasteiger partial charge in [0.2, 0.25) is 0 Å². The molecule has 1 N–H and O–H groups in total. The van der Waals surface area contributed by atoms with Crippen LogP contribution >= 0.6 is 0 Å². The van der Waals surface area contributed by atoms with Crippen LogP contribution in [0.1, 0.15) is 72.1 Å². The van der Waals surface area contributed by atoms with E-state index in [2.05, 4.69) is 37.1 Å². The minimum Gasteiger partial charge on any atom is -0.298 e. The van der Waals surface area contributed by atoms with Crippen LogP contribution in [-0.4, -0.2) is 35.1 Å². The van der Waals surface area contributed by atoms with Gasteiger partial charge in [-0.25, -0.2) is 0 Å². The highest BCUT2D eigenvalue weighted by molar-refractivity contribution is 5.08. The lowest BCUT2D eigenvalue weighted by Gasteiger charge is -2.42. The van der Waals surface area contributed by atoms with Crippen molar-refractivity contribution in [1.82, 2.24) is 10.2 Å². The second kappa shape index (κ2) is 6.91. The summed E-state index contributed by atoms with van der Waals surface area (Å²) in [4.78, 5) is 2.68. The molecule has 1 saturated heterocycles. The third-order valence-electron chi connectivity index (χ3n) is 4.91. The van der Waals surface area contributed by atoms with Crippen LogP contribution in [0.3, 0.4) is 0 Å². The van der Waals surface area contributed by atoms with Crippen molar-refractivity contribution in [2.75, 3.05) is 6.54 Å². The first kappa shape index (κ1) is 15.8. The van der Waals surface area contributed by atoms with Crippen molar-refractivity contribution in [3.05, 3.63) is 0 Å². The summed E-state index contributed by atoms with van der Waals surface area (Å²) in [5.74, 6) is 0. The van der Waals surface area contributed by atoms with E-state index in [9.17, 15) is 5.26 Å². The predicted molar refractivity (Wildman–Crippen MR) is 83.5 cm³/mol. The molecule has 1 aliphatic heterocycles. The number of piperidine rings is 1. The number of likely N-dealkylation sites (tertiary alicyclic amines) is 1. The van der Waals surface area contributed by atoms with Gasteiger partial charge < -0.3 is 0 Å². The molecule has 0 bridgehead atoms. The normalized spacial score (nSPS) is 28.6. The SMILES string of the molecule is CCCC1CCCCN1C(C)CC(C)(C#N)NC1CC1. The van der Waals surface area contributed by atoms with E-state index in [4.69, 9.17) is 0 Å². The van der Waals surface area contributed by atoms with Gasteiger partial charge in [0.25, 0.3) is 0 Å². The predicted octanol–water partition coefficient (Wildman–Crippen LogP) is 3.45. The van der Waals surface area contributed by atoms with Gasteiger partial charge in [0.15, 0.2) is 0 Å². The molecule has 2 fully saturated rings. The van der Waals surface area contributed by atoms with Gasteiger partial charge >= 0.3 is 0 Å². The third kappa shape index (κ3) is 4.20. The summed E-state index contributed by atoms with van der Waals surface area (Å²) in [5.41, 5.74) is -0.352. The molecular weight excluding hydrogens is 246 g/mol. The van der Waals surface area contributed by atoms with Gasteiger partial charge in [-0.05, 0) is 58.9 Å². The van der Waals surface area contributed by atoms with E-state index in [1.807, 2.05) is 0 Å². The van der Waals surface area contributed by atoms with E-state index < -0.39 is 0 Å². The van der Waals surface area contributed by atoms with Crippen LogP contribution in [0, 0.1) is 11.3 Å². The van der Waals surface area contributed by atoms with Gasteiger partial charge in [0.1, 0.15) is 5.54 Å². The summed E-state index contributed by atoms with van der Waals surface area (Å²) < 4.78 is 0. The second-order valence-corrected chi connectivity index (χ2v) is 7.09. The van der Waals surface area contributed by atoms with E-state index in [0.29, 0.717) is 12.1 Å². The molecule has 2 aliphatic rings. The minimum absolute atomic E-state index is 0.352. The molecule has 3 heteroatoms. The second-order valence-electron chi connectivity index (χ2n) is 7.09. The van der Waals surface area contributed by atoms with E-state index in [0.717, 1.165) is 12.5 Å². The Morgan fingerprint density at radius 3 is 2.70 bits per heavy atom. The number of hydrogen-bond donors (Lipinski definition) is 1. The van der Waals surface area contributed by atoms with Crippen LogP contribution in [0.4, 0.5) is 0 Å². The number of nitrogens with one attached hydrogen (secondary N) is 1. The summed E-state index contributed by atoms with van der Waals surface area (Å²) in [7, 11) is 0. The van der Waals surface area contributed by atoms with Crippen LogP contribution in [-0.2, 0) is 0 Å². The minimum atomic E-state index is -0.352. The number of nitrogens with zero attached hydrogens (tertiary/aromatic N) is 2. The zero-order chi connectivity index (χ0) is 14.6. The van der Waals surface area contributed by atoms with Gasteiger partial charge in [-0.2, -0.15) is 5.26 Å². The lowest BCUT2D eigenvalue weighted by atomic mass is 9.90. The molecular formula is C17H31N3. The first-order valence-electron chi connectivity index (χ1n) is 8.52. The van der Waals surface area contributed by atoms with Crippen LogP contribution < -0.4 is 5.32 Å². The largest absolute Gasteiger partial charge is 0.298 e. The van der Waals surface area contributed by atoms with Gasteiger partial charge in [-0.1, -0.05) is 19.8 Å². The molecule has 3 unspecified atom stereocenters. The Balaban J connectivity index is 1.93. The van der Waals surface area contributed by atoms with Crippen LogP contribution in [0.5, 0.6) is 0 Å². The van der Waals surface area contributed by atoms with E-state index in [1.54, 1.807) is 0 Å². The first-order chi connectivity index (χ1) is 9.58. The van der Waals surface area contributed by atoms with Crippen molar-refractivity contribution in [3.8, 4) is 6.07 Å². The lowest BCUT2D eigenvalue weighted by molar-refractivity contribution is 0.0815. The van der Waals surface area contributed by atoms with Gasteiger partial charge in [-0.3, -0.25) is 10.2 Å². The Bertz CT molecular complexity index is 343. The molecule has 0 aromatic carbocycles. The number of nitriles is 1.